The number of hydrogen-bond donors (Lipinski definition) is 0. The molecule has 0 saturated heterocycles. The van der Waals surface area contributed by atoms with Crippen molar-refractivity contribution < 1.29 is 16.8 Å². The number of aryl methyl sites for hydroxylation is 2. The molecule has 2 aromatic carbocycles. The highest BCUT2D eigenvalue weighted by molar-refractivity contribution is 8.04. The highest BCUT2D eigenvalue weighted by atomic mass is 32.3. The van der Waals surface area contributed by atoms with E-state index in [1.54, 1.807) is 26.0 Å². The first-order valence-corrected chi connectivity index (χ1v) is 8.96. The normalized spacial score (nSPS) is 12.3. The van der Waals surface area contributed by atoms with E-state index in [1.165, 1.54) is 36.4 Å². The third-order valence-corrected chi connectivity index (χ3v) is 6.04. The van der Waals surface area contributed by atoms with Crippen molar-refractivity contribution in [2.24, 2.45) is 0 Å². The molecule has 111 valence electrons. The van der Waals surface area contributed by atoms with Gasteiger partial charge in [0.2, 0.25) is 0 Å². The van der Waals surface area contributed by atoms with Gasteiger partial charge in [0.1, 0.15) is 0 Å². The van der Waals surface area contributed by atoms with E-state index in [0.29, 0.717) is 11.1 Å². The van der Waals surface area contributed by atoms with Crippen molar-refractivity contribution in [3.63, 3.8) is 0 Å². The van der Waals surface area contributed by atoms with E-state index >= 15 is 0 Å². The van der Waals surface area contributed by atoms with Gasteiger partial charge in [-0.2, -0.15) is 0 Å². The Kier molecular flexibility index (Phi) is 4.18. The molecule has 21 heavy (non-hydrogen) atoms. The van der Waals surface area contributed by atoms with Crippen LogP contribution in [-0.2, 0) is 20.0 Å². The van der Waals surface area contributed by atoms with E-state index in [2.05, 4.69) is 4.13 Å². The fourth-order valence-corrected chi connectivity index (χ4v) is 4.66. The fourth-order valence-electron chi connectivity index (χ4n) is 1.77. The van der Waals surface area contributed by atoms with Crippen LogP contribution < -0.4 is 4.13 Å². The summed E-state index contributed by atoms with van der Waals surface area (Å²) in [5, 5.41) is 0. The lowest BCUT2D eigenvalue weighted by molar-refractivity contribution is 0.575. The largest absolute Gasteiger partial charge is 0.271 e. The molecule has 1 radical (unpaired) electrons. The smallest absolute Gasteiger partial charge is 0.205 e. The van der Waals surface area contributed by atoms with E-state index in [1.807, 2.05) is 0 Å². The molecule has 0 unspecified atom stereocenters. The van der Waals surface area contributed by atoms with Gasteiger partial charge in [0.15, 0.2) is 0 Å². The van der Waals surface area contributed by atoms with Gasteiger partial charge in [-0.15, -0.1) is 0 Å². The predicted octanol–water partition coefficient (Wildman–Crippen LogP) is 1.99. The van der Waals surface area contributed by atoms with E-state index < -0.39 is 20.0 Å². The number of sulfonamides is 2. The Morgan fingerprint density at radius 3 is 1.43 bits per heavy atom. The maximum absolute atomic E-state index is 12.1. The summed E-state index contributed by atoms with van der Waals surface area (Å²) in [6.07, 6.45) is 0. The van der Waals surface area contributed by atoms with Crippen molar-refractivity contribution in [2.45, 2.75) is 23.6 Å². The molecule has 0 aliphatic heterocycles. The maximum atomic E-state index is 12.1. The topological polar surface area (TPSA) is 82.4 Å². The number of benzene rings is 2. The minimum atomic E-state index is -4.26. The minimum absolute atomic E-state index is 0.140. The van der Waals surface area contributed by atoms with Gasteiger partial charge in [-0.05, 0) is 49.2 Å². The Labute approximate surface area is 124 Å². The van der Waals surface area contributed by atoms with Gasteiger partial charge in [0, 0.05) is 4.13 Å². The molecule has 0 fully saturated rings. The average molecular weight is 324 g/mol. The van der Waals surface area contributed by atoms with Gasteiger partial charge in [-0.3, -0.25) is 0 Å². The summed E-state index contributed by atoms with van der Waals surface area (Å²) in [6, 6.07) is 11.9. The number of hydrogen-bond acceptors (Lipinski definition) is 4. The third-order valence-electron chi connectivity index (χ3n) is 2.77. The molecule has 0 aromatic heterocycles. The average Bonchev–Trinajstić information content (AvgIpc) is 2.37. The molecule has 0 saturated carbocycles. The molecule has 0 aliphatic rings. The fraction of sp³-hybridized carbons (Fsp3) is 0.143. The number of rotatable bonds is 4. The minimum Gasteiger partial charge on any atom is -0.205 e. The van der Waals surface area contributed by atoms with Crippen molar-refractivity contribution in [3.05, 3.63) is 59.7 Å². The second kappa shape index (κ2) is 5.59. The molecule has 0 amide bonds. The lowest BCUT2D eigenvalue weighted by atomic mass is 10.2. The first-order valence-electron chi connectivity index (χ1n) is 6.08. The highest BCUT2D eigenvalue weighted by Gasteiger charge is 2.27. The molecule has 2 rings (SSSR count). The zero-order valence-corrected chi connectivity index (χ0v) is 13.1. The van der Waals surface area contributed by atoms with Crippen molar-refractivity contribution in [1.29, 1.82) is 0 Å². The van der Waals surface area contributed by atoms with Gasteiger partial charge < -0.3 is 0 Å². The molecular weight excluding hydrogens is 310 g/mol. The van der Waals surface area contributed by atoms with E-state index in [4.69, 9.17) is 0 Å². The van der Waals surface area contributed by atoms with Gasteiger partial charge in [-0.25, -0.2) is 16.8 Å². The molecule has 0 aliphatic carbocycles. The monoisotopic (exact) mass is 324 g/mol. The molecular formula is C14H14NO4S2. The van der Waals surface area contributed by atoms with E-state index in [9.17, 15) is 16.8 Å². The highest BCUT2D eigenvalue weighted by Crippen LogP contribution is 2.17. The van der Waals surface area contributed by atoms with Crippen LogP contribution in [0.15, 0.2) is 58.3 Å². The van der Waals surface area contributed by atoms with Crippen LogP contribution in [0.4, 0.5) is 0 Å². The van der Waals surface area contributed by atoms with Gasteiger partial charge >= 0.3 is 0 Å². The van der Waals surface area contributed by atoms with Crippen molar-refractivity contribution in [2.75, 3.05) is 0 Å². The Balaban J connectivity index is 2.40. The van der Waals surface area contributed by atoms with Crippen molar-refractivity contribution in [3.8, 4) is 0 Å². The van der Waals surface area contributed by atoms with Crippen LogP contribution >= 0.6 is 0 Å². The first kappa shape index (κ1) is 15.7. The summed E-state index contributed by atoms with van der Waals surface area (Å²) < 4.78 is 51.6. The first-order chi connectivity index (χ1) is 9.71. The van der Waals surface area contributed by atoms with Crippen molar-refractivity contribution in [1.82, 2.24) is 4.13 Å². The summed E-state index contributed by atoms with van der Waals surface area (Å²) in [5.41, 5.74) is 1.42. The molecule has 0 N–H and O–H groups in total. The molecule has 2 aromatic rings. The van der Waals surface area contributed by atoms with Gasteiger partial charge in [0.25, 0.3) is 20.0 Å². The van der Waals surface area contributed by atoms with E-state index in [-0.39, 0.29) is 9.79 Å². The van der Waals surface area contributed by atoms with Crippen LogP contribution in [-0.4, -0.2) is 16.8 Å². The van der Waals surface area contributed by atoms with Crippen LogP contribution in [0.1, 0.15) is 11.1 Å². The molecule has 0 bridgehead atoms. The summed E-state index contributed by atoms with van der Waals surface area (Å²) in [4.78, 5) is -0.280. The van der Waals surface area contributed by atoms with Gasteiger partial charge in [0.05, 0.1) is 9.79 Å². The molecule has 0 spiro atoms. The zero-order chi connectivity index (χ0) is 15.7. The lowest BCUT2D eigenvalue weighted by Crippen LogP contribution is -2.24. The lowest BCUT2D eigenvalue weighted by Gasteiger charge is -2.06. The van der Waals surface area contributed by atoms with Crippen LogP contribution in [0.5, 0.6) is 0 Å². The SMILES string of the molecule is Cc1cccc(S(=O)(=O)[N]S(=O)(=O)c2cccc(C)c2)c1. The number of nitrogens with zero attached hydrogens (tertiary/aromatic N) is 1. The Morgan fingerprint density at radius 2 is 1.10 bits per heavy atom. The van der Waals surface area contributed by atoms with Crippen LogP contribution in [0.3, 0.4) is 0 Å². The predicted molar refractivity (Wildman–Crippen MR) is 78.9 cm³/mol. The molecule has 0 heterocycles. The standard InChI is InChI=1S/C14H14NO4S2/c1-11-5-3-7-13(9-11)20(16,17)15-21(18,19)14-8-4-6-12(2)10-14/h3-10H,1-2H3. The quantitative estimate of drug-likeness (QED) is 0.861. The van der Waals surface area contributed by atoms with Crippen LogP contribution in [0.2, 0.25) is 0 Å². The van der Waals surface area contributed by atoms with Crippen molar-refractivity contribution >= 4 is 20.0 Å². The summed E-state index contributed by atoms with van der Waals surface area (Å²) in [7, 11) is -8.53. The van der Waals surface area contributed by atoms with Crippen LogP contribution in [0.25, 0.3) is 0 Å². The third kappa shape index (κ3) is 3.69. The molecule has 0 atom stereocenters. The van der Waals surface area contributed by atoms with Crippen LogP contribution in [0, 0.1) is 13.8 Å². The Morgan fingerprint density at radius 1 is 0.714 bits per heavy atom. The summed E-state index contributed by atoms with van der Waals surface area (Å²) in [5.74, 6) is 0. The summed E-state index contributed by atoms with van der Waals surface area (Å²) >= 11 is 0. The second-order valence-electron chi connectivity index (χ2n) is 4.66. The maximum Gasteiger partial charge on any atom is 0.271 e. The van der Waals surface area contributed by atoms with Gasteiger partial charge in [-0.1, -0.05) is 24.3 Å². The Hall–Kier alpha value is -1.70. The zero-order valence-electron chi connectivity index (χ0n) is 11.5. The summed E-state index contributed by atoms with van der Waals surface area (Å²) in [6.45, 7) is 3.43. The van der Waals surface area contributed by atoms with E-state index in [0.717, 1.165) is 0 Å². The molecule has 5 nitrogen and oxygen atoms in total. The molecule has 7 heteroatoms. The Bertz CT molecular complexity index is 798. The second-order valence-corrected chi connectivity index (χ2v) is 8.10.